The Bertz CT molecular complexity index is 987. The summed E-state index contributed by atoms with van der Waals surface area (Å²) in [4.78, 5) is 26.7. The molecule has 1 aliphatic carbocycles. The lowest BCUT2D eigenvalue weighted by atomic mass is 10.2. The molecule has 2 aromatic carbocycles. The summed E-state index contributed by atoms with van der Waals surface area (Å²) in [5.74, 6) is 0.626. The first-order chi connectivity index (χ1) is 14.8. The van der Waals surface area contributed by atoms with Crippen molar-refractivity contribution in [3.8, 4) is 17.2 Å². The lowest BCUT2D eigenvalue weighted by Crippen LogP contribution is -2.42. The molecule has 1 saturated heterocycles. The van der Waals surface area contributed by atoms with Gasteiger partial charge >= 0.3 is 6.18 Å². The Labute approximate surface area is 176 Å². The molecule has 0 radical (unpaired) electrons. The van der Waals surface area contributed by atoms with Crippen LogP contribution in [0.5, 0.6) is 17.2 Å². The summed E-state index contributed by atoms with van der Waals surface area (Å²) in [7, 11) is 1.46. The maximum absolute atomic E-state index is 12.9. The van der Waals surface area contributed by atoms with E-state index in [-0.39, 0.29) is 23.6 Å². The monoisotopic (exact) mass is 434 g/mol. The van der Waals surface area contributed by atoms with Gasteiger partial charge in [-0.3, -0.25) is 9.59 Å². The van der Waals surface area contributed by atoms with Crippen LogP contribution >= 0.6 is 0 Å². The van der Waals surface area contributed by atoms with Crippen molar-refractivity contribution >= 4 is 17.5 Å². The van der Waals surface area contributed by atoms with Crippen molar-refractivity contribution in [2.45, 2.75) is 43.9 Å². The molecule has 9 heteroatoms. The van der Waals surface area contributed by atoms with Crippen LogP contribution < -0.4 is 14.8 Å². The SMILES string of the molecule is COc1ccc(Oc2ccc(C(F)(F)F)cc2)cc1NC(=O)C1CCC(=O)N1C1CC1. The van der Waals surface area contributed by atoms with Crippen LogP contribution in [0.1, 0.15) is 31.2 Å². The van der Waals surface area contributed by atoms with Gasteiger partial charge in [0.05, 0.1) is 18.4 Å². The summed E-state index contributed by atoms with van der Waals surface area (Å²) < 4.78 is 49.1. The molecule has 0 aromatic heterocycles. The number of rotatable bonds is 6. The molecule has 1 unspecified atom stereocenters. The minimum atomic E-state index is -4.42. The standard InChI is InChI=1S/C22H21F3N2O4/c1-30-19-10-8-16(31-15-6-2-13(3-7-15)22(23,24)25)12-17(19)26-21(29)18-9-11-20(28)27(18)14-4-5-14/h2-3,6-8,10,12,14,18H,4-5,9,11H2,1H3,(H,26,29). The fraction of sp³-hybridized carbons (Fsp3) is 0.364. The van der Waals surface area contributed by atoms with E-state index in [1.807, 2.05) is 0 Å². The van der Waals surface area contributed by atoms with Gasteiger partial charge < -0.3 is 19.7 Å². The number of hydrogen-bond donors (Lipinski definition) is 1. The zero-order chi connectivity index (χ0) is 22.2. The molecule has 1 atom stereocenters. The van der Waals surface area contributed by atoms with Gasteiger partial charge in [0.25, 0.3) is 0 Å². The third-order valence-electron chi connectivity index (χ3n) is 5.34. The molecule has 1 N–H and O–H groups in total. The van der Waals surface area contributed by atoms with Crippen molar-refractivity contribution in [3.63, 3.8) is 0 Å². The number of carbonyl (C=O) groups is 2. The molecule has 1 saturated carbocycles. The van der Waals surface area contributed by atoms with Gasteiger partial charge in [0, 0.05) is 18.5 Å². The zero-order valence-electron chi connectivity index (χ0n) is 16.7. The molecule has 2 fully saturated rings. The number of nitrogens with zero attached hydrogens (tertiary/aromatic N) is 1. The maximum Gasteiger partial charge on any atom is 0.416 e. The van der Waals surface area contributed by atoms with Crippen molar-refractivity contribution in [2.24, 2.45) is 0 Å². The largest absolute Gasteiger partial charge is 0.495 e. The van der Waals surface area contributed by atoms with Crippen LogP contribution in [0.15, 0.2) is 42.5 Å². The highest BCUT2D eigenvalue weighted by Crippen LogP contribution is 2.37. The molecule has 2 aromatic rings. The molecule has 31 heavy (non-hydrogen) atoms. The number of halogens is 3. The van der Waals surface area contributed by atoms with Gasteiger partial charge in [-0.25, -0.2) is 0 Å². The van der Waals surface area contributed by atoms with E-state index in [0.29, 0.717) is 30.0 Å². The number of benzene rings is 2. The second-order valence-electron chi connectivity index (χ2n) is 7.56. The molecular formula is C22H21F3N2O4. The van der Waals surface area contributed by atoms with E-state index in [9.17, 15) is 22.8 Å². The Balaban J connectivity index is 1.50. The number of amides is 2. The van der Waals surface area contributed by atoms with Crippen molar-refractivity contribution in [1.29, 1.82) is 0 Å². The highest BCUT2D eigenvalue weighted by molar-refractivity contribution is 6.00. The molecule has 6 nitrogen and oxygen atoms in total. The Morgan fingerprint density at radius 2 is 1.74 bits per heavy atom. The summed E-state index contributed by atoms with van der Waals surface area (Å²) in [6.07, 6.45) is -1.79. The predicted molar refractivity (Wildman–Crippen MR) is 106 cm³/mol. The van der Waals surface area contributed by atoms with Gasteiger partial charge in [-0.2, -0.15) is 13.2 Å². The number of methoxy groups -OCH3 is 1. The van der Waals surface area contributed by atoms with Crippen molar-refractivity contribution in [2.75, 3.05) is 12.4 Å². The second-order valence-corrected chi connectivity index (χ2v) is 7.56. The van der Waals surface area contributed by atoms with Crippen LogP contribution in [0.4, 0.5) is 18.9 Å². The van der Waals surface area contributed by atoms with Crippen LogP contribution in [0.25, 0.3) is 0 Å². The summed E-state index contributed by atoms with van der Waals surface area (Å²) >= 11 is 0. The smallest absolute Gasteiger partial charge is 0.416 e. The molecule has 2 amide bonds. The van der Waals surface area contributed by atoms with Crippen molar-refractivity contribution < 1.29 is 32.2 Å². The number of carbonyl (C=O) groups excluding carboxylic acids is 2. The Morgan fingerprint density at radius 1 is 1.06 bits per heavy atom. The first-order valence-electron chi connectivity index (χ1n) is 9.91. The molecule has 2 aliphatic rings. The Kier molecular flexibility index (Phi) is 5.51. The normalized spacial score (nSPS) is 18.8. The third-order valence-corrected chi connectivity index (χ3v) is 5.34. The number of hydrogen-bond acceptors (Lipinski definition) is 4. The van der Waals surface area contributed by atoms with Gasteiger partial charge in [-0.05, 0) is 55.7 Å². The maximum atomic E-state index is 12.9. The zero-order valence-corrected chi connectivity index (χ0v) is 16.7. The van der Waals surface area contributed by atoms with E-state index in [1.165, 1.54) is 25.3 Å². The van der Waals surface area contributed by atoms with Gasteiger partial charge in [-0.15, -0.1) is 0 Å². The van der Waals surface area contributed by atoms with Crippen LogP contribution in [0.2, 0.25) is 0 Å². The van der Waals surface area contributed by atoms with Gasteiger partial charge in [-0.1, -0.05) is 0 Å². The van der Waals surface area contributed by atoms with E-state index in [4.69, 9.17) is 9.47 Å². The number of anilines is 1. The predicted octanol–water partition coefficient (Wildman–Crippen LogP) is 4.60. The quantitative estimate of drug-likeness (QED) is 0.722. The highest BCUT2D eigenvalue weighted by Gasteiger charge is 2.44. The molecule has 0 bridgehead atoms. The van der Waals surface area contributed by atoms with Gasteiger partial charge in [0.15, 0.2) is 0 Å². The topological polar surface area (TPSA) is 67.9 Å². The minimum Gasteiger partial charge on any atom is -0.495 e. The lowest BCUT2D eigenvalue weighted by molar-refractivity contribution is -0.137. The first kappa shape index (κ1) is 21.0. The van der Waals surface area contributed by atoms with Crippen molar-refractivity contribution in [3.05, 3.63) is 48.0 Å². The number of nitrogens with one attached hydrogen (secondary N) is 1. The molecular weight excluding hydrogens is 413 g/mol. The Hall–Kier alpha value is -3.23. The minimum absolute atomic E-state index is 0.00555. The molecule has 0 spiro atoms. The highest BCUT2D eigenvalue weighted by atomic mass is 19.4. The van der Waals surface area contributed by atoms with Crippen molar-refractivity contribution in [1.82, 2.24) is 4.90 Å². The van der Waals surface area contributed by atoms with Gasteiger partial charge in [0.2, 0.25) is 11.8 Å². The third kappa shape index (κ3) is 4.60. The van der Waals surface area contributed by atoms with E-state index in [2.05, 4.69) is 5.32 Å². The summed E-state index contributed by atoms with van der Waals surface area (Å²) in [6, 6.07) is 8.65. The number of alkyl halides is 3. The van der Waals surface area contributed by atoms with Gasteiger partial charge in [0.1, 0.15) is 23.3 Å². The van der Waals surface area contributed by atoms with E-state index >= 15 is 0 Å². The lowest BCUT2D eigenvalue weighted by Gasteiger charge is -2.24. The Morgan fingerprint density at radius 3 is 2.35 bits per heavy atom. The summed E-state index contributed by atoms with van der Waals surface area (Å²) in [5.41, 5.74) is -0.416. The van der Waals surface area contributed by atoms with E-state index in [0.717, 1.165) is 25.0 Å². The van der Waals surface area contributed by atoms with Crippen LogP contribution in [0.3, 0.4) is 0 Å². The molecule has 164 valence electrons. The number of ether oxygens (including phenoxy) is 2. The van der Waals surface area contributed by atoms with Crippen LogP contribution in [-0.4, -0.2) is 35.9 Å². The molecule has 4 rings (SSSR count). The summed E-state index contributed by atoms with van der Waals surface area (Å²) in [5, 5.41) is 2.81. The number of likely N-dealkylation sites (tertiary alicyclic amines) is 1. The fourth-order valence-corrected chi connectivity index (χ4v) is 3.68. The molecule has 1 heterocycles. The molecule has 1 aliphatic heterocycles. The second kappa shape index (κ2) is 8.13. The fourth-order valence-electron chi connectivity index (χ4n) is 3.68. The van der Waals surface area contributed by atoms with Crippen LogP contribution in [0, 0.1) is 0 Å². The summed E-state index contributed by atoms with van der Waals surface area (Å²) in [6.45, 7) is 0. The van der Waals surface area contributed by atoms with Crippen LogP contribution in [-0.2, 0) is 15.8 Å². The van der Waals surface area contributed by atoms with E-state index in [1.54, 1.807) is 17.0 Å². The average Bonchev–Trinajstić information content (AvgIpc) is 3.49. The first-order valence-corrected chi connectivity index (χ1v) is 9.91. The average molecular weight is 434 g/mol. The van der Waals surface area contributed by atoms with E-state index < -0.39 is 17.8 Å².